The Morgan fingerprint density at radius 3 is 2.63 bits per heavy atom. The van der Waals surface area contributed by atoms with Gasteiger partial charge in [0.15, 0.2) is 0 Å². The molecule has 5 nitrogen and oxygen atoms in total. The summed E-state index contributed by atoms with van der Waals surface area (Å²) in [5, 5.41) is 0. The lowest BCUT2D eigenvalue weighted by Crippen LogP contribution is -2.47. The summed E-state index contributed by atoms with van der Waals surface area (Å²) in [5.41, 5.74) is 0. The molecule has 2 heterocycles. The number of carbonyl (C=O) groups excluding carboxylic acids is 1. The lowest BCUT2D eigenvalue weighted by molar-refractivity contribution is -0.113. The van der Waals surface area contributed by atoms with E-state index in [4.69, 9.17) is 0 Å². The second-order valence-electron chi connectivity index (χ2n) is 5.82. The molecule has 2 unspecified atom stereocenters. The van der Waals surface area contributed by atoms with Crippen molar-refractivity contribution in [3.8, 4) is 0 Å². The summed E-state index contributed by atoms with van der Waals surface area (Å²) in [6.07, 6.45) is 7.55. The lowest BCUT2D eigenvalue weighted by atomic mass is 9.96. The quantitative estimate of drug-likeness (QED) is 0.715. The van der Waals surface area contributed by atoms with Crippen LogP contribution in [-0.4, -0.2) is 62.4 Å². The molecule has 110 valence electrons. The number of carbonyl (C=O) groups is 1. The van der Waals surface area contributed by atoms with Crippen molar-refractivity contribution in [1.29, 1.82) is 0 Å². The zero-order valence-electron chi connectivity index (χ0n) is 11.6. The van der Waals surface area contributed by atoms with Gasteiger partial charge in [0, 0.05) is 19.6 Å². The molecule has 0 bridgehead atoms. The van der Waals surface area contributed by atoms with E-state index in [1.54, 1.807) is 4.31 Å². The molecule has 2 fully saturated rings. The van der Waals surface area contributed by atoms with Crippen LogP contribution in [0.25, 0.3) is 0 Å². The van der Waals surface area contributed by atoms with Crippen LogP contribution in [0.5, 0.6) is 0 Å². The van der Waals surface area contributed by atoms with E-state index in [0.29, 0.717) is 19.0 Å². The highest BCUT2D eigenvalue weighted by Gasteiger charge is 2.29. The monoisotopic (exact) mass is 288 g/mol. The Bertz CT molecular complexity index is 410. The minimum Gasteiger partial charge on any atom is -0.302 e. The number of piperidine rings is 2. The third-order valence-corrected chi connectivity index (χ3v) is 5.53. The summed E-state index contributed by atoms with van der Waals surface area (Å²) in [6, 6.07) is 0.0439. The van der Waals surface area contributed by atoms with Gasteiger partial charge in [0.1, 0.15) is 6.29 Å². The highest BCUT2D eigenvalue weighted by Crippen LogP contribution is 2.23. The summed E-state index contributed by atoms with van der Waals surface area (Å²) in [7, 11) is -3.07. The normalized spacial score (nSPS) is 31.2. The van der Waals surface area contributed by atoms with E-state index in [1.807, 2.05) is 0 Å². The molecule has 0 aromatic carbocycles. The summed E-state index contributed by atoms with van der Waals surface area (Å²) in [5.74, 6) is 0.365. The van der Waals surface area contributed by atoms with Gasteiger partial charge in [0.25, 0.3) is 0 Å². The fraction of sp³-hybridized carbons (Fsp3) is 0.923. The Morgan fingerprint density at radius 1 is 1.16 bits per heavy atom. The van der Waals surface area contributed by atoms with Crippen molar-refractivity contribution in [2.24, 2.45) is 5.92 Å². The fourth-order valence-corrected chi connectivity index (χ4v) is 4.15. The summed E-state index contributed by atoms with van der Waals surface area (Å²) < 4.78 is 24.8. The van der Waals surface area contributed by atoms with E-state index in [1.165, 1.54) is 6.26 Å². The number of rotatable bonds is 4. The van der Waals surface area contributed by atoms with Crippen molar-refractivity contribution < 1.29 is 13.2 Å². The second kappa shape index (κ2) is 6.33. The van der Waals surface area contributed by atoms with Crippen LogP contribution in [0.4, 0.5) is 0 Å². The summed E-state index contributed by atoms with van der Waals surface area (Å²) in [4.78, 5) is 13.3. The van der Waals surface area contributed by atoms with Gasteiger partial charge in [-0.15, -0.1) is 0 Å². The van der Waals surface area contributed by atoms with Crippen LogP contribution in [0.3, 0.4) is 0 Å². The average molecular weight is 288 g/mol. The Hall–Kier alpha value is -0.460. The topological polar surface area (TPSA) is 57.7 Å². The molecule has 0 radical (unpaired) electrons. The molecule has 2 atom stereocenters. The first-order valence-corrected chi connectivity index (χ1v) is 9.00. The highest BCUT2D eigenvalue weighted by atomic mass is 32.2. The van der Waals surface area contributed by atoms with Crippen LogP contribution in [0.15, 0.2) is 0 Å². The third kappa shape index (κ3) is 4.00. The number of sulfonamides is 1. The molecule has 2 aliphatic rings. The standard InChI is InChI=1S/C13H24N2O3S/c1-19(17,18)15-8-4-5-12(10-15)9-14-7-3-2-6-13(14)11-16/h11-13H,2-10H2,1H3. The average Bonchev–Trinajstić information content (AvgIpc) is 2.39. The number of hydrogen-bond donors (Lipinski definition) is 0. The molecule has 0 aromatic rings. The van der Waals surface area contributed by atoms with Gasteiger partial charge in [-0.05, 0) is 38.1 Å². The first-order chi connectivity index (χ1) is 9.00. The Morgan fingerprint density at radius 2 is 1.95 bits per heavy atom. The van der Waals surface area contributed by atoms with Gasteiger partial charge in [0.2, 0.25) is 10.0 Å². The molecule has 2 aliphatic heterocycles. The smallest absolute Gasteiger partial charge is 0.211 e. The van der Waals surface area contributed by atoms with Gasteiger partial charge < -0.3 is 4.79 Å². The van der Waals surface area contributed by atoms with E-state index < -0.39 is 10.0 Å². The zero-order valence-corrected chi connectivity index (χ0v) is 12.4. The molecule has 0 aromatic heterocycles. The Balaban J connectivity index is 1.93. The largest absolute Gasteiger partial charge is 0.302 e. The molecule has 19 heavy (non-hydrogen) atoms. The van der Waals surface area contributed by atoms with Crippen LogP contribution >= 0.6 is 0 Å². The van der Waals surface area contributed by atoms with Crippen LogP contribution in [0.2, 0.25) is 0 Å². The van der Waals surface area contributed by atoms with Crippen molar-refractivity contribution in [2.75, 3.05) is 32.4 Å². The maximum Gasteiger partial charge on any atom is 0.211 e. The molecule has 0 N–H and O–H groups in total. The molecule has 0 amide bonds. The predicted molar refractivity (Wildman–Crippen MR) is 74.4 cm³/mol. The third-order valence-electron chi connectivity index (χ3n) is 4.26. The van der Waals surface area contributed by atoms with Crippen LogP contribution in [0, 0.1) is 5.92 Å². The van der Waals surface area contributed by atoms with E-state index in [-0.39, 0.29) is 6.04 Å². The molecule has 6 heteroatoms. The molecule has 0 aliphatic carbocycles. The van der Waals surface area contributed by atoms with E-state index >= 15 is 0 Å². The first kappa shape index (κ1) is 14.9. The molecular weight excluding hydrogens is 264 g/mol. The minimum atomic E-state index is -3.07. The maximum atomic E-state index is 11.6. The van der Waals surface area contributed by atoms with Gasteiger partial charge in [-0.3, -0.25) is 4.90 Å². The van der Waals surface area contributed by atoms with Crippen LogP contribution in [-0.2, 0) is 14.8 Å². The van der Waals surface area contributed by atoms with Crippen molar-refractivity contribution >= 4 is 16.3 Å². The highest BCUT2D eigenvalue weighted by molar-refractivity contribution is 7.88. The second-order valence-corrected chi connectivity index (χ2v) is 7.81. The van der Waals surface area contributed by atoms with Gasteiger partial charge in [-0.2, -0.15) is 0 Å². The molecule has 2 saturated heterocycles. The van der Waals surface area contributed by atoms with Crippen molar-refractivity contribution in [3.05, 3.63) is 0 Å². The molecular formula is C13H24N2O3S. The number of hydrogen-bond acceptors (Lipinski definition) is 4. The van der Waals surface area contributed by atoms with Crippen molar-refractivity contribution in [1.82, 2.24) is 9.21 Å². The Kier molecular flexibility index (Phi) is 4.97. The van der Waals surface area contributed by atoms with Crippen LogP contribution in [0.1, 0.15) is 32.1 Å². The van der Waals surface area contributed by atoms with Gasteiger partial charge >= 0.3 is 0 Å². The van der Waals surface area contributed by atoms with Gasteiger partial charge in [-0.25, -0.2) is 12.7 Å². The molecule has 0 saturated carbocycles. The predicted octanol–water partition coefficient (Wildman–Crippen LogP) is 0.711. The zero-order chi connectivity index (χ0) is 13.9. The summed E-state index contributed by atoms with van der Waals surface area (Å²) in [6.45, 7) is 3.08. The minimum absolute atomic E-state index is 0.0439. The molecule has 2 rings (SSSR count). The van der Waals surface area contributed by atoms with E-state index in [2.05, 4.69) is 4.90 Å². The first-order valence-electron chi connectivity index (χ1n) is 7.15. The fourth-order valence-electron chi connectivity index (χ4n) is 3.21. The van der Waals surface area contributed by atoms with Gasteiger partial charge in [-0.1, -0.05) is 6.42 Å². The van der Waals surface area contributed by atoms with Crippen molar-refractivity contribution in [3.63, 3.8) is 0 Å². The van der Waals surface area contributed by atoms with Crippen molar-refractivity contribution in [2.45, 2.75) is 38.1 Å². The number of aldehydes is 1. The van der Waals surface area contributed by atoms with E-state index in [0.717, 1.165) is 51.5 Å². The van der Waals surface area contributed by atoms with Crippen LogP contribution < -0.4 is 0 Å². The van der Waals surface area contributed by atoms with Gasteiger partial charge in [0.05, 0.1) is 12.3 Å². The summed E-state index contributed by atoms with van der Waals surface area (Å²) >= 11 is 0. The Labute approximate surface area is 116 Å². The number of likely N-dealkylation sites (tertiary alicyclic amines) is 1. The maximum absolute atomic E-state index is 11.6. The SMILES string of the molecule is CS(=O)(=O)N1CCCC(CN2CCCCC2C=O)C1. The molecule has 0 spiro atoms. The number of nitrogens with zero attached hydrogens (tertiary/aromatic N) is 2. The van der Waals surface area contributed by atoms with E-state index in [9.17, 15) is 13.2 Å². The lowest BCUT2D eigenvalue weighted by Gasteiger charge is -2.38.